The van der Waals surface area contributed by atoms with E-state index in [0.29, 0.717) is 17.7 Å². The molecule has 25 heavy (non-hydrogen) atoms. The van der Waals surface area contributed by atoms with Crippen molar-refractivity contribution in [2.45, 2.75) is 12.5 Å². The first-order valence-electron chi connectivity index (χ1n) is 7.38. The van der Waals surface area contributed by atoms with Crippen LogP contribution < -0.4 is 11.1 Å². The van der Waals surface area contributed by atoms with Crippen molar-refractivity contribution in [1.29, 1.82) is 5.26 Å². The first kappa shape index (κ1) is 18.5. The van der Waals surface area contributed by atoms with Crippen LogP contribution in [0.15, 0.2) is 42.5 Å². The van der Waals surface area contributed by atoms with Crippen LogP contribution in [0.5, 0.6) is 0 Å². The molecule has 0 aliphatic heterocycles. The molecule has 2 aromatic carbocycles. The van der Waals surface area contributed by atoms with Crippen LogP contribution in [0.4, 0.5) is 5.69 Å². The second-order valence-corrected chi connectivity index (χ2v) is 5.70. The minimum atomic E-state index is -0.738. The predicted octanol–water partition coefficient (Wildman–Crippen LogP) is 2.51. The van der Waals surface area contributed by atoms with Gasteiger partial charge in [-0.15, -0.1) is 0 Å². The molecule has 0 fully saturated rings. The Morgan fingerprint density at radius 1 is 1.28 bits per heavy atom. The Morgan fingerprint density at radius 2 is 1.96 bits per heavy atom. The highest BCUT2D eigenvalue weighted by atomic mass is 35.5. The molecule has 0 saturated carbocycles. The van der Waals surface area contributed by atoms with Gasteiger partial charge in [0.05, 0.1) is 29.3 Å². The smallest absolute Gasteiger partial charge is 0.322 e. The van der Waals surface area contributed by atoms with Crippen LogP contribution >= 0.6 is 11.6 Å². The van der Waals surface area contributed by atoms with Crippen molar-refractivity contribution in [3.05, 3.63) is 64.2 Å². The number of benzene rings is 2. The first-order chi connectivity index (χ1) is 11.9. The van der Waals surface area contributed by atoms with Gasteiger partial charge in [0.15, 0.2) is 0 Å². The zero-order chi connectivity index (χ0) is 18.4. The summed E-state index contributed by atoms with van der Waals surface area (Å²) in [5.74, 6) is -0.898. The maximum atomic E-state index is 12.3. The van der Waals surface area contributed by atoms with Gasteiger partial charge in [0.25, 0.3) is 5.91 Å². The molecule has 0 spiro atoms. The van der Waals surface area contributed by atoms with Gasteiger partial charge in [-0.3, -0.25) is 9.59 Å². The molecular weight excluding hydrogens is 342 g/mol. The van der Waals surface area contributed by atoms with Crippen molar-refractivity contribution in [3.63, 3.8) is 0 Å². The van der Waals surface area contributed by atoms with Crippen molar-refractivity contribution < 1.29 is 14.3 Å². The fourth-order valence-electron chi connectivity index (χ4n) is 2.18. The Labute approximate surface area is 150 Å². The van der Waals surface area contributed by atoms with Gasteiger partial charge in [0.1, 0.15) is 6.04 Å². The Hall–Kier alpha value is -2.88. The van der Waals surface area contributed by atoms with E-state index in [1.807, 2.05) is 6.07 Å². The lowest BCUT2D eigenvalue weighted by Crippen LogP contribution is -2.33. The van der Waals surface area contributed by atoms with Crippen molar-refractivity contribution in [2.24, 2.45) is 5.73 Å². The molecule has 0 heterocycles. The summed E-state index contributed by atoms with van der Waals surface area (Å²) in [4.78, 5) is 23.6. The molecule has 1 atom stereocenters. The fourth-order valence-corrected chi connectivity index (χ4v) is 2.38. The number of amides is 1. The highest BCUT2D eigenvalue weighted by Crippen LogP contribution is 2.19. The van der Waals surface area contributed by atoms with Gasteiger partial charge in [-0.2, -0.15) is 5.26 Å². The Morgan fingerprint density at radius 3 is 2.56 bits per heavy atom. The standard InChI is InChI=1S/C18H16ClN3O3/c1-25-18(24)16(21)9-11-2-5-13(6-3-11)22-17(23)14-8-12(10-20)4-7-15(14)19/h2-8,16H,9,21H2,1H3,(H,22,23). The normalized spacial score (nSPS) is 11.3. The van der Waals surface area contributed by atoms with Gasteiger partial charge in [-0.1, -0.05) is 23.7 Å². The number of esters is 1. The number of ether oxygens (including phenoxy) is 1. The van der Waals surface area contributed by atoms with Gasteiger partial charge < -0.3 is 15.8 Å². The van der Waals surface area contributed by atoms with Crippen LogP contribution in [0.25, 0.3) is 0 Å². The molecule has 0 aromatic heterocycles. The second kappa shape index (κ2) is 8.29. The van der Waals surface area contributed by atoms with E-state index in [1.165, 1.54) is 19.2 Å². The third kappa shape index (κ3) is 4.80. The molecule has 1 unspecified atom stereocenters. The predicted molar refractivity (Wildman–Crippen MR) is 94.3 cm³/mol. The lowest BCUT2D eigenvalue weighted by Gasteiger charge is -2.11. The maximum absolute atomic E-state index is 12.3. The lowest BCUT2D eigenvalue weighted by atomic mass is 10.1. The Kier molecular flexibility index (Phi) is 6.12. The largest absolute Gasteiger partial charge is 0.468 e. The minimum Gasteiger partial charge on any atom is -0.468 e. The first-order valence-corrected chi connectivity index (χ1v) is 7.75. The number of carbonyl (C=O) groups excluding carboxylic acids is 2. The van der Waals surface area contributed by atoms with Crippen LogP contribution in [0.1, 0.15) is 21.5 Å². The molecule has 7 heteroatoms. The summed E-state index contributed by atoms with van der Waals surface area (Å²) in [5, 5.41) is 11.9. The highest BCUT2D eigenvalue weighted by Gasteiger charge is 2.15. The fraction of sp³-hybridized carbons (Fsp3) is 0.167. The lowest BCUT2D eigenvalue weighted by molar-refractivity contribution is -0.142. The Balaban J connectivity index is 2.07. The highest BCUT2D eigenvalue weighted by molar-refractivity contribution is 6.34. The van der Waals surface area contributed by atoms with E-state index in [0.717, 1.165) is 5.56 Å². The molecule has 0 saturated heterocycles. The van der Waals surface area contributed by atoms with Gasteiger partial charge >= 0.3 is 5.97 Å². The molecule has 0 aliphatic rings. The number of hydrogen-bond donors (Lipinski definition) is 2. The van der Waals surface area contributed by atoms with Crippen molar-refractivity contribution in [1.82, 2.24) is 0 Å². The summed E-state index contributed by atoms with van der Waals surface area (Å²) >= 11 is 6.01. The molecule has 2 rings (SSSR count). The number of carbonyl (C=O) groups is 2. The minimum absolute atomic E-state index is 0.220. The third-order valence-corrected chi connectivity index (χ3v) is 3.84. The quantitative estimate of drug-likeness (QED) is 0.800. The summed E-state index contributed by atoms with van der Waals surface area (Å²) in [6.07, 6.45) is 0.330. The average molecular weight is 358 g/mol. The van der Waals surface area contributed by atoms with Crippen LogP contribution in [-0.2, 0) is 16.0 Å². The zero-order valence-electron chi connectivity index (χ0n) is 13.5. The molecular formula is C18H16ClN3O3. The molecule has 1 amide bonds. The monoisotopic (exact) mass is 357 g/mol. The topological polar surface area (TPSA) is 105 Å². The Bertz CT molecular complexity index is 828. The number of nitrogens with one attached hydrogen (secondary N) is 1. The molecule has 6 nitrogen and oxygen atoms in total. The summed E-state index contributed by atoms with van der Waals surface area (Å²) in [6.45, 7) is 0. The second-order valence-electron chi connectivity index (χ2n) is 5.29. The van der Waals surface area contributed by atoms with E-state index in [-0.39, 0.29) is 10.6 Å². The number of nitriles is 1. The molecule has 2 aromatic rings. The van der Waals surface area contributed by atoms with E-state index in [2.05, 4.69) is 10.1 Å². The van der Waals surface area contributed by atoms with Crippen molar-refractivity contribution >= 4 is 29.2 Å². The number of nitrogens with zero attached hydrogens (tertiary/aromatic N) is 1. The van der Waals surface area contributed by atoms with E-state index < -0.39 is 17.9 Å². The SMILES string of the molecule is COC(=O)C(N)Cc1ccc(NC(=O)c2cc(C#N)ccc2Cl)cc1. The average Bonchev–Trinajstić information content (AvgIpc) is 2.62. The number of methoxy groups -OCH3 is 1. The van der Waals surface area contributed by atoms with Crippen LogP contribution in [0, 0.1) is 11.3 Å². The molecule has 0 bridgehead atoms. The number of hydrogen-bond acceptors (Lipinski definition) is 5. The molecule has 3 N–H and O–H groups in total. The van der Waals surface area contributed by atoms with Gasteiger partial charge in [0.2, 0.25) is 0 Å². The van der Waals surface area contributed by atoms with Gasteiger partial charge in [0, 0.05) is 5.69 Å². The van der Waals surface area contributed by atoms with E-state index in [4.69, 9.17) is 22.6 Å². The summed E-state index contributed by atoms with van der Waals surface area (Å²) in [6, 6.07) is 12.6. The van der Waals surface area contributed by atoms with Crippen LogP contribution in [0.3, 0.4) is 0 Å². The van der Waals surface area contributed by atoms with E-state index in [1.54, 1.807) is 30.3 Å². The van der Waals surface area contributed by atoms with Crippen molar-refractivity contribution in [3.8, 4) is 6.07 Å². The number of rotatable bonds is 5. The molecule has 0 radical (unpaired) electrons. The summed E-state index contributed by atoms with van der Waals surface area (Å²) in [5.41, 5.74) is 7.67. The molecule has 0 aliphatic carbocycles. The third-order valence-electron chi connectivity index (χ3n) is 3.51. The van der Waals surface area contributed by atoms with Crippen molar-refractivity contribution in [2.75, 3.05) is 12.4 Å². The maximum Gasteiger partial charge on any atom is 0.322 e. The summed E-state index contributed by atoms with van der Waals surface area (Å²) in [7, 11) is 1.28. The van der Waals surface area contributed by atoms with Gasteiger partial charge in [-0.25, -0.2) is 0 Å². The summed E-state index contributed by atoms with van der Waals surface area (Å²) < 4.78 is 4.58. The van der Waals surface area contributed by atoms with E-state index >= 15 is 0 Å². The number of nitrogens with two attached hydrogens (primary N) is 1. The van der Waals surface area contributed by atoms with Gasteiger partial charge in [-0.05, 0) is 42.3 Å². The molecule has 128 valence electrons. The zero-order valence-corrected chi connectivity index (χ0v) is 14.2. The number of anilines is 1. The number of halogens is 1. The van der Waals surface area contributed by atoms with Crippen LogP contribution in [0.2, 0.25) is 5.02 Å². The van der Waals surface area contributed by atoms with E-state index in [9.17, 15) is 9.59 Å². The van der Waals surface area contributed by atoms with Crippen LogP contribution in [-0.4, -0.2) is 25.0 Å².